The summed E-state index contributed by atoms with van der Waals surface area (Å²) in [4.78, 5) is 36.4. The summed E-state index contributed by atoms with van der Waals surface area (Å²) in [6, 6.07) is 0.287. The van der Waals surface area contributed by atoms with Crippen molar-refractivity contribution in [3.05, 3.63) is 24.0 Å². The average Bonchev–Trinajstić information content (AvgIpc) is 3.51. The lowest BCUT2D eigenvalue weighted by molar-refractivity contribution is -0.137. The van der Waals surface area contributed by atoms with Crippen molar-refractivity contribution in [2.45, 2.75) is 113 Å². The molecule has 0 spiro atoms. The highest BCUT2D eigenvalue weighted by Gasteiger charge is 2.33. The number of nitrogens with zero attached hydrogens (tertiary/aromatic N) is 3. The standard InChI is InChI=1S/C28H43N5O4S2/c1-27(2,3)21-15-29-22(36-21)17-38-23-16-30-25(39-23)31-20-9-7-8-18(14-20)24(34)33-12-10-19(11-13-33)32-26(35)37-28(4,5)6/h15-16,18-20H,7-14,17H2,1-6H3,(H,30,31)(H,32,35)/t18-,20+/m1/s1. The van der Waals surface area contributed by atoms with Crippen LogP contribution < -0.4 is 10.6 Å². The molecule has 2 atom stereocenters. The van der Waals surface area contributed by atoms with Crippen molar-refractivity contribution in [3.8, 4) is 0 Å². The van der Waals surface area contributed by atoms with Crippen LogP contribution >= 0.6 is 23.1 Å². The van der Waals surface area contributed by atoms with E-state index < -0.39 is 5.60 Å². The lowest BCUT2D eigenvalue weighted by atomic mass is 9.84. The van der Waals surface area contributed by atoms with Gasteiger partial charge in [-0.3, -0.25) is 4.79 Å². The third-order valence-corrected chi connectivity index (χ3v) is 9.10. The molecule has 216 valence electrons. The van der Waals surface area contributed by atoms with Gasteiger partial charge in [-0.2, -0.15) is 0 Å². The van der Waals surface area contributed by atoms with E-state index in [1.165, 1.54) is 0 Å². The van der Waals surface area contributed by atoms with Crippen molar-refractivity contribution in [2.24, 2.45) is 5.92 Å². The lowest BCUT2D eigenvalue weighted by Crippen LogP contribution is -2.49. The maximum Gasteiger partial charge on any atom is 0.407 e. The Kier molecular flexibility index (Phi) is 9.52. The number of ether oxygens (including phenoxy) is 1. The molecule has 39 heavy (non-hydrogen) atoms. The van der Waals surface area contributed by atoms with Gasteiger partial charge in [0.15, 0.2) is 5.13 Å². The Morgan fingerprint density at radius 1 is 1.08 bits per heavy atom. The molecule has 11 heteroatoms. The number of amides is 2. The Bertz CT molecular complexity index is 1110. The molecule has 3 heterocycles. The van der Waals surface area contributed by atoms with Gasteiger partial charge in [-0.05, 0) is 52.9 Å². The van der Waals surface area contributed by atoms with E-state index in [-0.39, 0.29) is 35.4 Å². The van der Waals surface area contributed by atoms with Crippen LogP contribution in [-0.2, 0) is 20.7 Å². The van der Waals surface area contributed by atoms with Crippen LogP contribution in [0.25, 0.3) is 0 Å². The van der Waals surface area contributed by atoms with Crippen LogP contribution in [0.15, 0.2) is 21.0 Å². The second kappa shape index (κ2) is 12.5. The van der Waals surface area contributed by atoms with Crippen molar-refractivity contribution in [1.82, 2.24) is 20.2 Å². The fourth-order valence-corrected chi connectivity index (χ4v) is 6.75. The minimum atomic E-state index is -0.515. The molecule has 0 radical (unpaired) electrons. The predicted molar refractivity (Wildman–Crippen MR) is 155 cm³/mol. The first-order chi connectivity index (χ1) is 18.4. The van der Waals surface area contributed by atoms with Gasteiger partial charge in [-0.25, -0.2) is 14.8 Å². The van der Waals surface area contributed by atoms with Crippen LogP contribution in [0, 0.1) is 5.92 Å². The molecule has 2 N–H and O–H groups in total. The maximum absolute atomic E-state index is 13.3. The summed E-state index contributed by atoms with van der Waals surface area (Å²) in [6.07, 6.45) is 8.66. The average molecular weight is 578 g/mol. The zero-order chi connectivity index (χ0) is 28.2. The molecule has 2 aromatic rings. The van der Waals surface area contributed by atoms with Gasteiger partial charge in [0.2, 0.25) is 11.8 Å². The van der Waals surface area contributed by atoms with Crippen LogP contribution in [0.5, 0.6) is 0 Å². The molecule has 0 bridgehead atoms. The first kappa shape index (κ1) is 29.7. The highest BCUT2D eigenvalue weighted by molar-refractivity contribution is 8.00. The smallest absolute Gasteiger partial charge is 0.407 e. The number of carbonyl (C=O) groups excluding carboxylic acids is 2. The van der Waals surface area contributed by atoms with E-state index in [0.717, 1.165) is 59.5 Å². The molecule has 2 amide bonds. The molecular weight excluding hydrogens is 534 g/mol. The van der Waals surface area contributed by atoms with Gasteiger partial charge in [0.25, 0.3) is 0 Å². The molecule has 0 unspecified atom stereocenters. The quantitative estimate of drug-likeness (QED) is 0.374. The fraction of sp³-hybridized carbons (Fsp3) is 0.714. The van der Waals surface area contributed by atoms with Crippen molar-refractivity contribution in [3.63, 3.8) is 0 Å². The monoisotopic (exact) mass is 577 g/mol. The molecule has 1 saturated carbocycles. The number of anilines is 1. The van der Waals surface area contributed by atoms with Gasteiger partial charge in [0.05, 0.1) is 22.4 Å². The summed E-state index contributed by atoms with van der Waals surface area (Å²) in [5, 5.41) is 7.43. The van der Waals surface area contributed by atoms with E-state index in [1.807, 2.05) is 38.1 Å². The largest absolute Gasteiger partial charge is 0.444 e. The molecule has 1 aliphatic carbocycles. The molecule has 2 fully saturated rings. The number of thiazole rings is 1. The molecule has 0 aromatic carbocycles. The number of aromatic nitrogens is 2. The van der Waals surface area contributed by atoms with E-state index in [1.54, 1.807) is 23.1 Å². The Morgan fingerprint density at radius 2 is 1.82 bits per heavy atom. The third-order valence-electron chi connectivity index (χ3n) is 6.99. The van der Waals surface area contributed by atoms with E-state index >= 15 is 0 Å². The van der Waals surface area contributed by atoms with E-state index in [0.29, 0.717) is 18.8 Å². The van der Waals surface area contributed by atoms with Crippen molar-refractivity contribution in [2.75, 3.05) is 18.4 Å². The summed E-state index contributed by atoms with van der Waals surface area (Å²) < 4.78 is 12.4. The Hall–Kier alpha value is -2.27. The van der Waals surface area contributed by atoms with Gasteiger partial charge in [0, 0.05) is 36.5 Å². The summed E-state index contributed by atoms with van der Waals surface area (Å²) in [5.41, 5.74) is -0.564. The number of oxazole rings is 1. The van der Waals surface area contributed by atoms with Crippen LogP contribution in [0.3, 0.4) is 0 Å². The summed E-state index contributed by atoms with van der Waals surface area (Å²) in [7, 11) is 0. The minimum Gasteiger partial charge on any atom is -0.444 e. The first-order valence-electron chi connectivity index (χ1n) is 13.9. The Balaban J connectivity index is 1.21. The Labute approximate surface area is 240 Å². The number of carbonyl (C=O) groups is 2. The van der Waals surface area contributed by atoms with E-state index in [4.69, 9.17) is 9.15 Å². The van der Waals surface area contributed by atoms with E-state index in [2.05, 4.69) is 41.4 Å². The van der Waals surface area contributed by atoms with Crippen LogP contribution in [-0.4, -0.2) is 57.6 Å². The van der Waals surface area contributed by atoms with Crippen LogP contribution in [0.2, 0.25) is 0 Å². The van der Waals surface area contributed by atoms with Crippen molar-refractivity contribution < 1.29 is 18.7 Å². The van der Waals surface area contributed by atoms with Gasteiger partial charge in [-0.15, -0.1) is 11.8 Å². The second-order valence-corrected chi connectivity index (χ2v) is 14.9. The zero-order valence-corrected chi connectivity index (χ0v) is 25.7. The number of hydrogen-bond acceptors (Lipinski definition) is 9. The van der Waals surface area contributed by atoms with Gasteiger partial charge >= 0.3 is 6.09 Å². The topological polar surface area (TPSA) is 110 Å². The number of likely N-dealkylation sites (tertiary alicyclic amines) is 1. The van der Waals surface area contributed by atoms with Gasteiger partial charge < -0.3 is 24.7 Å². The molecule has 2 aromatic heterocycles. The van der Waals surface area contributed by atoms with Crippen molar-refractivity contribution in [1.29, 1.82) is 0 Å². The van der Waals surface area contributed by atoms with Gasteiger partial charge in [0.1, 0.15) is 11.4 Å². The summed E-state index contributed by atoms with van der Waals surface area (Å²) in [5.74, 6) is 2.57. The number of rotatable bonds is 7. The SMILES string of the molecule is CC(C)(C)OC(=O)NC1CCN(C(=O)[C@@H]2CCC[C@H](Nc3ncc(SCc4ncc(C(C)(C)C)o4)s3)C2)CC1. The van der Waals surface area contributed by atoms with Crippen LogP contribution in [0.1, 0.15) is 91.7 Å². The predicted octanol–water partition coefficient (Wildman–Crippen LogP) is 6.21. The minimum absolute atomic E-state index is 0.0301. The molecule has 9 nitrogen and oxygen atoms in total. The Morgan fingerprint density at radius 3 is 2.49 bits per heavy atom. The molecule has 1 saturated heterocycles. The first-order valence-corrected chi connectivity index (χ1v) is 15.7. The van der Waals surface area contributed by atoms with Crippen molar-refractivity contribution >= 4 is 40.2 Å². The maximum atomic E-state index is 13.3. The number of alkyl carbamates (subject to hydrolysis) is 1. The van der Waals surface area contributed by atoms with Gasteiger partial charge in [-0.1, -0.05) is 38.5 Å². The number of thioether (sulfide) groups is 1. The fourth-order valence-electron chi connectivity index (χ4n) is 4.95. The molecule has 2 aliphatic rings. The molecular formula is C28H43N5O4S2. The molecule has 4 rings (SSSR count). The van der Waals surface area contributed by atoms with Crippen LogP contribution in [0.4, 0.5) is 9.93 Å². The highest BCUT2D eigenvalue weighted by atomic mass is 32.2. The number of nitrogens with one attached hydrogen (secondary N) is 2. The summed E-state index contributed by atoms with van der Waals surface area (Å²) in [6.45, 7) is 13.3. The third kappa shape index (κ3) is 8.86. The number of hydrogen-bond donors (Lipinski definition) is 2. The number of piperidine rings is 1. The molecule has 1 aliphatic heterocycles. The summed E-state index contributed by atoms with van der Waals surface area (Å²) >= 11 is 3.31. The normalized spacial score (nSPS) is 21.0. The zero-order valence-electron chi connectivity index (χ0n) is 24.0. The highest BCUT2D eigenvalue weighted by Crippen LogP contribution is 2.34. The lowest BCUT2D eigenvalue weighted by Gasteiger charge is -2.37. The van der Waals surface area contributed by atoms with E-state index in [9.17, 15) is 9.59 Å². The second-order valence-electron chi connectivity index (χ2n) is 12.6.